The van der Waals surface area contributed by atoms with E-state index >= 15 is 0 Å². The number of carbonyl (C=O) groups excluding carboxylic acids is 1. The Balaban J connectivity index is 1.84. The molecule has 0 spiro atoms. The molecular formula is C20H17F3N2O4S. The maximum atomic E-state index is 12.9. The molecule has 3 aromatic rings. The fourth-order valence-corrected chi connectivity index (χ4v) is 3.41. The zero-order valence-corrected chi connectivity index (χ0v) is 17.0. The SMILES string of the molecule is COc1cc(C(=O)Nc2nc(-c3cccc(C(F)(F)F)c3)cs2)cc(OC)c1OC. The number of benzene rings is 2. The van der Waals surface area contributed by atoms with E-state index in [-0.39, 0.29) is 10.7 Å². The summed E-state index contributed by atoms with van der Waals surface area (Å²) < 4.78 is 54.5. The first-order valence-corrected chi connectivity index (χ1v) is 9.39. The van der Waals surface area contributed by atoms with Gasteiger partial charge in [-0.1, -0.05) is 12.1 Å². The minimum atomic E-state index is -4.45. The monoisotopic (exact) mass is 438 g/mol. The highest BCUT2D eigenvalue weighted by Gasteiger charge is 2.30. The normalized spacial score (nSPS) is 11.1. The van der Waals surface area contributed by atoms with E-state index < -0.39 is 17.6 Å². The summed E-state index contributed by atoms with van der Waals surface area (Å²) in [7, 11) is 4.31. The molecule has 0 saturated heterocycles. The molecule has 3 rings (SSSR count). The van der Waals surface area contributed by atoms with Crippen molar-refractivity contribution in [2.45, 2.75) is 6.18 Å². The van der Waals surface area contributed by atoms with Gasteiger partial charge in [0.1, 0.15) is 0 Å². The van der Waals surface area contributed by atoms with Gasteiger partial charge in [0.2, 0.25) is 5.75 Å². The van der Waals surface area contributed by atoms with E-state index in [2.05, 4.69) is 10.3 Å². The average Bonchev–Trinajstić information content (AvgIpc) is 3.20. The number of methoxy groups -OCH3 is 3. The van der Waals surface area contributed by atoms with Crippen LogP contribution in [0.3, 0.4) is 0 Å². The summed E-state index contributed by atoms with van der Waals surface area (Å²) in [6.07, 6.45) is -4.45. The maximum absolute atomic E-state index is 12.9. The van der Waals surface area contributed by atoms with Crippen LogP contribution in [-0.4, -0.2) is 32.2 Å². The van der Waals surface area contributed by atoms with E-state index in [1.807, 2.05) is 0 Å². The van der Waals surface area contributed by atoms with Crippen molar-refractivity contribution in [3.63, 3.8) is 0 Å². The van der Waals surface area contributed by atoms with Gasteiger partial charge in [0.15, 0.2) is 16.6 Å². The van der Waals surface area contributed by atoms with Gasteiger partial charge in [-0.25, -0.2) is 4.98 Å². The Morgan fingerprint density at radius 1 is 1.03 bits per heavy atom. The van der Waals surface area contributed by atoms with Gasteiger partial charge in [0.05, 0.1) is 32.6 Å². The van der Waals surface area contributed by atoms with Crippen LogP contribution < -0.4 is 19.5 Å². The Hall–Kier alpha value is -3.27. The van der Waals surface area contributed by atoms with E-state index in [0.29, 0.717) is 28.5 Å². The lowest BCUT2D eigenvalue weighted by Gasteiger charge is -2.13. The molecular weight excluding hydrogens is 421 g/mol. The van der Waals surface area contributed by atoms with Gasteiger partial charge in [-0.15, -0.1) is 11.3 Å². The summed E-state index contributed by atoms with van der Waals surface area (Å²) >= 11 is 1.10. The van der Waals surface area contributed by atoms with Crippen LogP contribution in [0.1, 0.15) is 15.9 Å². The van der Waals surface area contributed by atoms with E-state index in [1.165, 1.54) is 45.6 Å². The highest BCUT2D eigenvalue weighted by molar-refractivity contribution is 7.14. The molecule has 0 unspecified atom stereocenters. The van der Waals surface area contributed by atoms with E-state index in [0.717, 1.165) is 23.5 Å². The minimum absolute atomic E-state index is 0.236. The zero-order valence-electron chi connectivity index (χ0n) is 16.2. The number of hydrogen-bond acceptors (Lipinski definition) is 6. The van der Waals surface area contributed by atoms with Crippen molar-refractivity contribution >= 4 is 22.4 Å². The molecule has 0 saturated carbocycles. The van der Waals surface area contributed by atoms with Gasteiger partial charge in [0, 0.05) is 16.5 Å². The summed E-state index contributed by atoms with van der Waals surface area (Å²) in [5, 5.41) is 4.43. The van der Waals surface area contributed by atoms with Crippen molar-refractivity contribution < 1.29 is 32.2 Å². The van der Waals surface area contributed by atoms with Crippen molar-refractivity contribution in [1.29, 1.82) is 0 Å². The number of hydrogen-bond donors (Lipinski definition) is 1. The summed E-state index contributed by atoms with van der Waals surface area (Å²) in [5.41, 5.74) is 0.0944. The zero-order chi connectivity index (χ0) is 21.9. The van der Waals surface area contributed by atoms with Crippen LogP contribution in [0.4, 0.5) is 18.3 Å². The number of rotatable bonds is 6. The number of amides is 1. The molecule has 0 aliphatic carbocycles. The second-order valence-electron chi connectivity index (χ2n) is 5.98. The van der Waals surface area contributed by atoms with Crippen LogP contribution in [0.5, 0.6) is 17.2 Å². The third-order valence-electron chi connectivity index (χ3n) is 4.14. The van der Waals surface area contributed by atoms with Crippen LogP contribution in [-0.2, 0) is 6.18 Å². The molecule has 0 aliphatic rings. The molecule has 10 heteroatoms. The molecule has 1 aromatic heterocycles. The number of nitrogens with zero attached hydrogens (tertiary/aromatic N) is 1. The number of nitrogens with one attached hydrogen (secondary N) is 1. The van der Waals surface area contributed by atoms with Crippen molar-refractivity contribution in [3.05, 3.63) is 52.9 Å². The first kappa shape index (κ1) is 21.4. The first-order chi connectivity index (χ1) is 14.3. The number of carbonyl (C=O) groups is 1. The topological polar surface area (TPSA) is 69.7 Å². The molecule has 0 atom stereocenters. The fraction of sp³-hybridized carbons (Fsp3) is 0.200. The highest BCUT2D eigenvalue weighted by atomic mass is 32.1. The standard InChI is InChI=1S/C20H17F3N2O4S/c1-27-15-8-12(9-16(28-2)17(15)29-3)18(26)25-19-24-14(10-30-19)11-5-4-6-13(7-11)20(21,22)23/h4-10H,1-3H3,(H,24,25,26). The summed E-state index contributed by atoms with van der Waals surface area (Å²) in [6, 6.07) is 7.81. The van der Waals surface area contributed by atoms with Gasteiger partial charge in [-0.3, -0.25) is 10.1 Å². The second kappa shape index (κ2) is 8.62. The summed E-state index contributed by atoms with van der Waals surface area (Å²) in [5.74, 6) is 0.480. The van der Waals surface area contributed by atoms with E-state index in [4.69, 9.17) is 14.2 Å². The number of alkyl halides is 3. The lowest BCUT2D eigenvalue weighted by atomic mass is 10.1. The molecule has 0 aliphatic heterocycles. The lowest BCUT2D eigenvalue weighted by molar-refractivity contribution is -0.137. The quantitative estimate of drug-likeness (QED) is 0.579. The molecule has 30 heavy (non-hydrogen) atoms. The molecule has 1 heterocycles. The third-order valence-corrected chi connectivity index (χ3v) is 4.89. The Morgan fingerprint density at radius 2 is 1.70 bits per heavy atom. The van der Waals surface area contributed by atoms with Crippen molar-refractivity contribution in [2.75, 3.05) is 26.6 Å². The van der Waals surface area contributed by atoms with Gasteiger partial charge in [0.25, 0.3) is 5.91 Å². The molecule has 6 nitrogen and oxygen atoms in total. The van der Waals surface area contributed by atoms with Crippen LogP contribution in [0.25, 0.3) is 11.3 Å². The third kappa shape index (κ3) is 4.48. The van der Waals surface area contributed by atoms with E-state index in [1.54, 1.807) is 5.38 Å². The number of ether oxygens (including phenoxy) is 3. The van der Waals surface area contributed by atoms with Gasteiger partial charge in [-0.2, -0.15) is 13.2 Å². The van der Waals surface area contributed by atoms with Crippen LogP contribution in [0, 0.1) is 0 Å². The van der Waals surface area contributed by atoms with Crippen LogP contribution >= 0.6 is 11.3 Å². The number of anilines is 1. The number of thiazole rings is 1. The minimum Gasteiger partial charge on any atom is -0.493 e. The Labute approximate surface area is 174 Å². The van der Waals surface area contributed by atoms with Crippen LogP contribution in [0.2, 0.25) is 0 Å². The van der Waals surface area contributed by atoms with Crippen molar-refractivity contribution in [2.24, 2.45) is 0 Å². The first-order valence-electron chi connectivity index (χ1n) is 8.51. The van der Waals surface area contributed by atoms with Crippen molar-refractivity contribution in [3.8, 4) is 28.5 Å². The second-order valence-corrected chi connectivity index (χ2v) is 6.84. The lowest BCUT2D eigenvalue weighted by Crippen LogP contribution is -2.12. The Morgan fingerprint density at radius 3 is 2.27 bits per heavy atom. The van der Waals surface area contributed by atoms with Crippen LogP contribution in [0.15, 0.2) is 41.8 Å². The molecule has 1 amide bonds. The number of aromatic nitrogens is 1. The fourth-order valence-electron chi connectivity index (χ4n) is 2.70. The van der Waals surface area contributed by atoms with Gasteiger partial charge >= 0.3 is 6.18 Å². The Kier molecular flexibility index (Phi) is 6.16. The molecule has 2 aromatic carbocycles. The average molecular weight is 438 g/mol. The van der Waals surface area contributed by atoms with Gasteiger partial charge < -0.3 is 14.2 Å². The Bertz CT molecular complexity index is 1040. The summed E-state index contributed by atoms with van der Waals surface area (Å²) in [4.78, 5) is 16.9. The predicted molar refractivity (Wildman–Crippen MR) is 107 cm³/mol. The highest BCUT2D eigenvalue weighted by Crippen LogP contribution is 2.38. The number of halogens is 3. The maximum Gasteiger partial charge on any atom is 0.416 e. The van der Waals surface area contributed by atoms with E-state index in [9.17, 15) is 18.0 Å². The molecule has 1 N–H and O–H groups in total. The molecule has 0 bridgehead atoms. The molecule has 0 fully saturated rings. The van der Waals surface area contributed by atoms with Gasteiger partial charge in [-0.05, 0) is 24.3 Å². The summed E-state index contributed by atoms with van der Waals surface area (Å²) in [6.45, 7) is 0. The molecule has 0 radical (unpaired) electrons. The largest absolute Gasteiger partial charge is 0.493 e. The van der Waals surface area contributed by atoms with Crippen molar-refractivity contribution in [1.82, 2.24) is 4.98 Å². The smallest absolute Gasteiger partial charge is 0.416 e. The predicted octanol–water partition coefficient (Wildman–Crippen LogP) is 5.11. The molecule has 158 valence electrons.